The Morgan fingerprint density at radius 2 is 1.95 bits per heavy atom. The molecule has 4 heteroatoms. The highest BCUT2D eigenvalue weighted by Crippen LogP contribution is 2.36. The lowest BCUT2D eigenvalue weighted by molar-refractivity contribution is 1.46. The second-order valence-corrected chi connectivity index (χ2v) is 6.85. The Hall–Kier alpha value is -1.03. The molecule has 0 spiro atoms. The molecule has 0 amide bonds. The fourth-order valence-electron chi connectivity index (χ4n) is 2.08. The minimum Gasteiger partial charge on any atom is -0.289 e. The van der Waals surface area contributed by atoms with E-state index < -0.39 is 0 Å². The zero-order chi connectivity index (χ0) is 13.4. The maximum Gasteiger partial charge on any atom is 0.195 e. The van der Waals surface area contributed by atoms with E-state index in [4.69, 9.17) is 11.6 Å². The van der Waals surface area contributed by atoms with Gasteiger partial charge in [0.2, 0.25) is 0 Å². The second kappa shape index (κ2) is 5.16. The average Bonchev–Trinajstić information content (AvgIpc) is 2.43. The van der Waals surface area contributed by atoms with Crippen LogP contribution in [0.3, 0.4) is 0 Å². The molecule has 0 radical (unpaired) electrons. The third kappa shape index (κ3) is 2.16. The topological polar surface area (TPSA) is 17.1 Å². The number of fused-ring (bicyclic) bond motifs is 2. The Bertz CT molecular complexity index is 823. The average molecular weight is 307 g/mol. The molecule has 0 saturated heterocycles. The predicted molar refractivity (Wildman–Crippen MR) is 87.0 cm³/mol. The molecule has 0 unspecified atom stereocenters. The first-order chi connectivity index (χ1) is 9.22. The number of halogens is 1. The van der Waals surface area contributed by atoms with Gasteiger partial charge in [-0.1, -0.05) is 30.7 Å². The molecule has 0 aliphatic rings. The normalized spacial score (nSPS) is 11.3. The van der Waals surface area contributed by atoms with Crippen molar-refractivity contribution in [3.8, 4) is 0 Å². The molecule has 1 aromatic heterocycles. The van der Waals surface area contributed by atoms with E-state index in [1.54, 1.807) is 23.1 Å². The summed E-state index contributed by atoms with van der Waals surface area (Å²) in [5.74, 6) is 0.966. The molecule has 0 bridgehead atoms. The van der Waals surface area contributed by atoms with Crippen molar-refractivity contribution in [3.05, 3.63) is 51.6 Å². The summed E-state index contributed by atoms with van der Waals surface area (Å²) < 4.78 is 1.88. The van der Waals surface area contributed by atoms with Crippen LogP contribution in [0.15, 0.2) is 46.1 Å². The number of hydrogen-bond donors (Lipinski definition) is 0. The van der Waals surface area contributed by atoms with E-state index in [9.17, 15) is 4.79 Å². The van der Waals surface area contributed by atoms with E-state index in [-0.39, 0.29) is 5.43 Å². The van der Waals surface area contributed by atoms with Gasteiger partial charge < -0.3 is 0 Å². The van der Waals surface area contributed by atoms with Gasteiger partial charge in [-0.15, -0.1) is 23.1 Å². The molecule has 0 atom stereocenters. The summed E-state index contributed by atoms with van der Waals surface area (Å²) in [5, 5.41) is 2.19. The van der Waals surface area contributed by atoms with Gasteiger partial charge in [-0.25, -0.2) is 0 Å². The Balaban J connectivity index is 2.44. The Morgan fingerprint density at radius 3 is 2.74 bits per heavy atom. The standard InChI is InChI=1S/C15H11ClOS2/c1-2-18-12-8-7-10-14(17)9-5-3-4-6-11(9)19-15(10)13(12)16/h3-8H,2H2,1H3. The molecule has 0 saturated carbocycles. The molecule has 0 aliphatic heterocycles. The third-order valence-electron chi connectivity index (χ3n) is 2.95. The first kappa shape index (κ1) is 13.0. The van der Waals surface area contributed by atoms with Gasteiger partial charge in [0, 0.05) is 20.4 Å². The predicted octanol–water partition coefficient (Wildman–Crippen LogP) is 5.18. The molecule has 0 fully saturated rings. The second-order valence-electron chi connectivity index (χ2n) is 4.11. The summed E-state index contributed by atoms with van der Waals surface area (Å²) in [6.45, 7) is 2.09. The first-order valence-corrected chi connectivity index (χ1v) is 8.17. The van der Waals surface area contributed by atoms with Gasteiger partial charge in [0.15, 0.2) is 5.43 Å². The molecule has 1 nitrogen and oxygen atoms in total. The lowest BCUT2D eigenvalue weighted by atomic mass is 10.2. The molecule has 3 aromatic rings. The van der Waals surface area contributed by atoms with Crippen LogP contribution in [-0.4, -0.2) is 5.75 Å². The van der Waals surface area contributed by atoms with Crippen molar-refractivity contribution in [1.29, 1.82) is 0 Å². The molecular formula is C15H11ClOS2. The Kier molecular flexibility index (Phi) is 3.52. The number of thioether (sulfide) groups is 1. The van der Waals surface area contributed by atoms with Gasteiger partial charge in [-0.05, 0) is 30.0 Å². The monoisotopic (exact) mass is 306 g/mol. The van der Waals surface area contributed by atoms with Crippen molar-refractivity contribution >= 4 is 54.9 Å². The Morgan fingerprint density at radius 1 is 1.16 bits per heavy atom. The van der Waals surface area contributed by atoms with Gasteiger partial charge in [-0.3, -0.25) is 4.79 Å². The Labute approximate surface area is 124 Å². The van der Waals surface area contributed by atoms with Crippen molar-refractivity contribution < 1.29 is 0 Å². The first-order valence-electron chi connectivity index (χ1n) is 5.99. The summed E-state index contributed by atoms with van der Waals surface area (Å²) in [6.07, 6.45) is 0. The summed E-state index contributed by atoms with van der Waals surface area (Å²) in [5.41, 5.74) is 0.0688. The van der Waals surface area contributed by atoms with Crippen LogP contribution < -0.4 is 5.43 Å². The van der Waals surface area contributed by atoms with Gasteiger partial charge in [-0.2, -0.15) is 0 Å². The highest BCUT2D eigenvalue weighted by molar-refractivity contribution is 7.99. The van der Waals surface area contributed by atoms with E-state index in [2.05, 4.69) is 6.92 Å². The van der Waals surface area contributed by atoms with Crippen LogP contribution in [0.2, 0.25) is 5.02 Å². The lowest BCUT2D eigenvalue weighted by Crippen LogP contribution is -2.01. The van der Waals surface area contributed by atoms with Crippen LogP contribution in [0.5, 0.6) is 0 Å². The lowest BCUT2D eigenvalue weighted by Gasteiger charge is -2.06. The number of rotatable bonds is 2. The minimum absolute atomic E-state index is 0.0688. The van der Waals surface area contributed by atoms with Gasteiger partial charge >= 0.3 is 0 Å². The zero-order valence-corrected chi connectivity index (χ0v) is 12.7. The summed E-state index contributed by atoms with van der Waals surface area (Å²) in [6, 6.07) is 11.5. The molecular weight excluding hydrogens is 296 g/mol. The van der Waals surface area contributed by atoms with Crippen molar-refractivity contribution in [2.75, 3.05) is 5.75 Å². The largest absolute Gasteiger partial charge is 0.289 e. The SMILES string of the molecule is CCSc1ccc2c(=O)c3ccccc3sc2c1Cl. The van der Waals surface area contributed by atoms with Crippen LogP contribution in [0.4, 0.5) is 0 Å². The minimum atomic E-state index is 0.0688. The molecule has 19 heavy (non-hydrogen) atoms. The van der Waals surface area contributed by atoms with Crippen molar-refractivity contribution in [3.63, 3.8) is 0 Å². The molecule has 96 valence electrons. The number of benzene rings is 2. The fourth-order valence-corrected chi connectivity index (χ4v) is 4.40. The molecule has 0 aliphatic carbocycles. The quantitative estimate of drug-likeness (QED) is 0.479. The van der Waals surface area contributed by atoms with Crippen molar-refractivity contribution in [2.24, 2.45) is 0 Å². The van der Waals surface area contributed by atoms with Crippen LogP contribution in [-0.2, 0) is 0 Å². The van der Waals surface area contributed by atoms with Crippen LogP contribution >= 0.6 is 34.7 Å². The van der Waals surface area contributed by atoms with Crippen molar-refractivity contribution in [1.82, 2.24) is 0 Å². The molecule has 1 heterocycles. The molecule has 3 rings (SSSR count). The van der Waals surface area contributed by atoms with E-state index in [0.29, 0.717) is 10.4 Å². The smallest absolute Gasteiger partial charge is 0.195 e. The summed E-state index contributed by atoms with van der Waals surface area (Å²) in [7, 11) is 0. The molecule has 0 N–H and O–H groups in total. The van der Waals surface area contributed by atoms with Gasteiger partial charge in [0.05, 0.1) is 9.72 Å². The summed E-state index contributed by atoms with van der Waals surface area (Å²) in [4.78, 5) is 13.5. The zero-order valence-electron chi connectivity index (χ0n) is 10.3. The van der Waals surface area contributed by atoms with Crippen molar-refractivity contribution in [2.45, 2.75) is 11.8 Å². The van der Waals surface area contributed by atoms with E-state index in [1.165, 1.54) is 0 Å². The van der Waals surface area contributed by atoms with E-state index >= 15 is 0 Å². The van der Waals surface area contributed by atoms with Gasteiger partial charge in [0.1, 0.15) is 0 Å². The molecule has 2 aromatic carbocycles. The van der Waals surface area contributed by atoms with Gasteiger partial charge in [0.25, 0.3) is 0 Å². The maximum absolute atomic E-state index is 12.5. The highest BCUT2D eigenvalue weighted by atomic mass is 35.5. The van der Waals surface area contributed by atoms with Crippen LogP contribution in [0.1, 0.15) is 6.92 Å². The third-order valence-corrected chi connectivity index (χ3v) is 5.71. The van der Waals surface area contributed by atoms with Crippen LogP contribution in [0, 0.1) is 0 Å². The van der Waals surface area contributed by atoms with Crippen LogP contribution in [0.25, 0.3) is 20.2 Å². The van der Waals surface area contributed by atoms with E-state index in [0.717, 1.165) is 25.4 Å². The number of hydrogen-bond acceptors (Lipinski definition) is 3. The van der Waals surface area contributed by atoms with E-state index in [1.807, 2.05) is 36.4 Å². The maximum atomic E-state index is 12.5. The highest BCUT2D eigenvalue weighted by Gasteiger charge is 2.11. The summed E-state index contributed by atoms with van der Waals surface area (Å²) >= 11 is 9.73. The fraction of sp³-hybridized carbons (Fsp3) is 0.133.